The zero-order valence-electron chi connectivity index (χ0n) is 16.4. The summed E-state index contributed by atoms with van der Waals surface area (Å²) in [5.74, 6) is -0.425. The van der Waals surface area contributed by atoms with E-state index < -0.39 is 21.0 Å². The van der Waals surface area contributed by atoms with Crippen LogP contribution in [0.25, 0.3) is 0 Å². The van der Waals surface area contributed by atoms with Crippen molar-refractivity contribution in [2.75, 3.05) is 6.26 Å². The van der Waals surface area contributed by atoms with Crippen molar-refractivity contribution in [3.05, 3.63) is 82.4 Å². The van der Waals surface area contributed by atoms with Gasteiger partial charge in [-0.05, 0) is 55.5 Å². The maximum Gasteiger partial charge on any atom is 0.209 e. The Morgan fingerprint density at radius 3 is 2.38 bits per heavy atom. The molecule has 29 heavy (non-hydrogen) atoms. The minimum absolute atomic E-state index is 0.162. The highest BCUT2D eigenvalue weighted by Gasteiger charge is 2.43. The number of carbonyl (C=O) groups is 1. The molecule has 0 fully saturated rings. The number of ketones is 1. The summed E-state index contributed by atoms with van der Waals surface area (Å²) in [6, 6.07) is 10.2. The summed E-state index contributed by atoms with van der Waals surface area (Å²) < 4.78 is 26.2. The number of aliphatic hydroxyl groups excluding tert-OH is 1. The molecule has 1 aliphatic carbocycles. The molecule has 6 nitrogen and oxygen atoms in total. The van der Waals surface area contributed by atoms with Crippen molar-refractivity contribution in [3.8, 4) is 0 Å². The van der Waals surface area contributed by atoms with Gasteiger partial charge in [0.2, 0.25) is 10.0 Å². The fourth-order valence-corrected chi connectivity index (χ4v) is 4.68. The lowest BCUT2D eigenvalue weighted by atomic mass is 9.69. The van der Waals surface area contributed by atoms with Crippen molar-refractivity contribution in [2.24, 2.45) is 5.41 Å². The first kappa shape index (κ1) is 21.4. The van der Waals surface area contributed by atoms with E-state index in [9.17, 15) is 18.3 Å². The van der Waals surface area contributed by atoms with Crippen LogP contribution in [0.4, 0.5) is 0 Å². The number of allylic oxidation sites excluding steroid dienone is 2. The van der Waals surface area contributed by atoms with Crippen LogP contribution >= 0.6 is 11.6 Å². The number of rotatable bonds is 6. The molecule has 0 amide bonds. The second-order valence-electron chi connectivity index (χ2n) is 7.79. The van der Waals surface area contributed by atoms with Crippen molar-refractivity contribution >= 4 is 27.4 Å². The molecule has 1 aliphatic rings. The zero-order chi connectivity index (χ0) is 21.4. The highest BCUT2D eigenvalue weighted by molar-refractivity contribution is 7.88. The van der Waals surface area contributed by atoms with Crippen molar-refractivity contribution < 1.29 is 18.3 Å². The molecule has 0 aliphatic heterocycles. The van der Waals surface area contributed by atoms with Crippen molar-refractivity contribution in [1.29, 1.82) is 0 Å². The Morgan fingerprint density at radius 1 is 1.17 bits per heavy atom. The molecule has 154 valence electrons. The maximum atomic E-state index is 13.4. The third-order valence-electron chi connectivity index (χ3n) is 5.00. The lowest BCUT2D eigenvalue weighted by Crippen LogP contribution is -2.49. The molecule has 1 aromatic carbocycles. The van der Waals surface area contributed by atoms with Gasteiger partial charge in [-0.25, -0.2) is 8.42 Å². The number of aromatic amines is 1. The minimum Gasteiger partial charge on any atom is -0.510 e. The molecular weight excluding hydrogens is 412 g/mol. The second-order valence-corrected chi connectivity index (χ2v) is 9.97. The second kappa shape index (κ2) is 7.48. The van der Waals surface area contributed by atoms with E-state index in [-0.39, 0.29) is 11.5 Å². The quantitative estimate of drug-likeness (QED) is 0.602. The predicted molar refractivity (Wildman–Crippen MR) is 114 cm³/mol. The molecule has 1 aromatic heterocycles. The number of aromatic nitrogens is 1. The highest BCUT2D eigenvalue weighted by atomic mass is 35.5. The molecule has 0 spiro atoms. The van der Waals surface area contributed by atoms with E-state index in [1.54, 1.807) is 36.5 Å². The van der Waals surface area contributed by atoms with Crippen molar-refractivity contribution in [3.63, 3.8) is 0 Å². The van der Waals surface area contributed by atoms with Gasteiger partial charge >= 0.3 is 0 Å². The third-order valence-corrected chi connectivity index (χ3v) is 6.05. The Bertz CT molecular complexity index is 1090. The van der Waals surface area contributed by atoms with Gasteiger partial charge in [0, 0.05) is 39.9 Å². The van der Waals surface area contributed by atoms with Crippen molar-refractivity contribution in [1.82, 2.24) is 9.71 Å². The summed E-state index contributed by atoms with van der Waals surface area (Å²) in [5.41, 5.74) is -0.600. The summed E-state index contributed by atoms with van der Waals surface area (Å²) in [4.78, 5) is 16.5. The fraction of sp³-hybridized carbons (Fsp3) is 0.286. The number of carbonyl (C=O) groups excluding carboxylic acids is 1. The number of sulfonamides is 1. The summed E-state index contributed by atoms with van der Waals surface area (Å²) in [7, 11) is -3.65. The molecule has 0 bridgehead atoms. The molecule has 0 saturated carbocycles. The molecule has 3 rings (SSSR count). The summed E-state index contributed by atoms with van der Waals surface area (Å²) in [6.07, 6.45) is 6.26. The van der Waals surface area contributed by atoms with Gasteiger partial charge in [0.1, 0.15) is 11.3 Å². The van der Waals surface area contributed by atoms with Gasteiger partial charge in [-0.3, -0.25) is 4.79 Å². The molecule has 8 heteroatoms. The van der Waals surface area contributed by atoms with Gasteiger partial charge in [-0.2, -0.15) is 4.72 Å². The normalized spacial score (nSPS) is 24.7. The number of benzene rings is 1. The van der Waals surface area contributed by atoms with Crippen LogP contribution < -0.4 is 4.72 Å². The zero-order valence-corrected chi connectivity index (χ0v) is 17.9. The smallest absolute Gasteiger partial charge is 0.209 e. The van der Waals surface area contributed by atoms with Crippen LogP contribution in [-0.4, -0.2) is 36.1 Å². The summed E-state index contributed by atoms with van der Waals surface area (Å²) in [6.45, 7) is 3.35. The molecule has 2 aromatic rings. The summed E-state index contributed by atoms with van der Waals surface area (Å²) in [5, 5.41) is 11.2. The first-order valence-corrected chi connectivity index (χ1v) is 11.3. The van der Waals surface area contributed by atoms with Gasteiger partial charge in [0.05, 0.1) is 6.26 Å². The molecule has 2 unspecified atom stereocenters. The Kier molecular flexibility index (Phi) is 5.51. The molecule has 0 radical (unpaired) electrons. The molecule has 3 N–H and O–H groups in total. The average Bonchev–Trinajstić information content (AvgIpc) is 3.10. The third kappa shape index (κ3) is 4.63. The number of halogens is 1. The van der Waals surface area contributed by atoms with E-state index in [2.05, 4.69) is 9.71 Å². The van der Waals surface area contributed by atoms with Crippen LogP contribution in [0, 0.1) is 5.41 Å². The Balaban J connectivity index is 2.12. The van der Waals surface area contributed by atoms with Crippen molar-refractivity contribution in [2.45, 2.75) is 25.8 Å². The molecule has 2 atom stereocenters. The Labute approximate surface area is 175 Å². The first-order valence-electron chi connectivity index (χ1n) is 8.99. The van der Waals surface area contributed by atoms with Gasteiger partial charge in [0.25, 0.3) is 0 Å². The van der Waals surface area contributed by atoms with Crippen LogP contribution in [0.3, 0.4) is 0 Å². The van der Waals surface area contributed by atoms with Crippen LogP contribution in [-0.2, 0) is 16.4 Å². The number of Topliss-reactive ketones (excluding diaryl/α,β-unsaturated/α-hetero) is 1. The van der Waals surface area contributed by atoms with E-state index in [1.165, 1.54) is 13.0 Å². The van der Waals surface area contributed by atoms with Crippen LogP contribution in [0.15, 0.2) is 66.1 Å². The Morgan fingerprint density at radius 2 is 1.83 bits per heavy atom. The molecule has 1 heterocycles. The van der Waals surface area contributed by atoms with Gasteiger partial charge in [-0.15, -0.1) is 0 Å². The van der Waals surface area contributed by atoms with Crippen LogP contribution in [0.2, 0.25) is 5.02 Å². The number of nitrogens with one attached hydrogen (secondary N) is 2. The van der Waals surface area contributed by atoms with E-state index >= 15 is 0 Å². The summed E-state index contributed by atoms with van der Waals surface area (Å²) >= 11 is 5.94. The first-order chi connectivity index (χ1) is 13.4. The SMILES string of the molecule is CC1(Cc2ccc[nH]2)C=C(O)C(C)(NS(C)(=O)=O)C=C1C(=O)c1ccc(Cl)cc1. The van der Waals surface area contributed by atoms with E-state index in [4.69, 9.17) is 11.6 Å². The number of H-pyrrole nitrogens is 1. The Hall–Kier alpha value is -2.35. The lowest BCUT2D eigenvalue weighted by molar-refractivity contribution is 0.101. The lowest BCUT2D eigenvalue weighted by Gasteiger charge is -2.38. The predicted octanol–water partition coefficient (Wildman–Crippen LogP) is 3.79. The topological polar surface area (TPSA) is 99.3 Å². The van der Waals surface area contributed by atoms with Crippen LogP contribution in [0.1, 0.15) is 29.9 Å². The fourth-order valence-electron chi connectivity index (χ4n) is 3.62. The number of hydrogen-bond donors (Lipinski definition) is 3. The monoisotopic (exact) mass is 434 g/mol. The van der Waals surface area contributed by atoms with Crippen LogP contribution in [0.5, 0.6) is 0 Å². The largest absolute Gasteiger partial charge is 0.510 e. The highest BCUT2D eigenvalue weighted by Crippen LogP contribution is 2.42. The van der Waals surface area contributed by atoms with Gasteiger partial charge in [-0.1, -0.05) is 18.5 Å². The van der Waals surface area contributed by atoms with Gasteiger partial charge in [0.15, 0.2) is 5.78 Å². The van der Waals surface area contributed by atoms with E-state index in [0.29, 0.717) is 22.6 Å². The van der Waals surface area contributed by atoms with Gasteiger partial charge < -0.3 is 10.1 Å². The number of aliphatic hydroxyl groups is 1. The van der Waals surface area contributed by atoms with E-state index in [0.717, 1.165) is 11.9 Å². The number of hydrogen-bond acceptors (Lipinski definition) is 4. The average molecular weight is 435 g/mol. The molecular formula is C21H23ClN2O4S. The van der Waals surface area contributed by atoms with E-state index in [1.807, 2.05) is 19.1 Å². The molecule has 0 saturated heterocycles. The maximum absolute atomic E-state index is 13.4. The minimum atomic E-state index is -3.65. The standard InChI is InChI=1S/C21H23ClN2O4S/c1-20(11-16-5-4-10-23-16)13-18(25)21(2,24-29(3,27)28)12-17(20)19(26)14-6-8-15(22)9-7-14/h4-10,12-13,23-25H,11H2,1-3H3.